The first-order valence-corrected chi connectivity index (χ1v) is 3.51. The molecule has 0 saturated heterocycles. The molecule has 1 aromatic heterocycles. The van der Waals surface area contributed by atoms with Gasteiger partial charge in [-0.05, 0) is 0 Å². The van der Waals surface area contributed by atoms with E-state index in [-0.39, 0.29) is 5.41 Å². The van der Waals surface area contributed by atoms with Gasteiger partial charge in [-0.2, -0.15) is 0 Å². The number of hydrogen-bond acceptors (Lipinski definition) is 1. The molecule has 1 heterocycles. The third-order valence-corrected chi connectivity index (χ3v) is 1.53. The second-order valence-electron chi connectivity index (χ2n) is 3.49. The predicted molar refractivity (Wildman–Crippen MR) is 44.3 cm³/mol. The van der Waals surface area contributed by atoms with Gasteiger partial charge >= 0.3 is 61.9 Å². The van der Waals surface area contributed by atoms with Gasteiger partial charge in [0.2, 0.25) is 0 Å². The maximum absolute atomic E-state index is 4.05. The first kappa shape index (κ1) is 7.45. The Balaban J connectivity index is 2.97. The Morgan fingerprint density at radius 3 is 2.40 bits per heavy atom. The number of hydrogen-bond donors (Lipinski definition) is 0. The van der Waals surface area contributed by atoms with Crippen LogP contribution in [-0.2, 0) is 5.41 Å². The van der Waals surface area contributed by atoms with Crippen LogP contribution in [0.4, 0.5) is 0 Å². The van der Waals surface area contributed by atoms with Crippen molar-refractivity contribution in [2.45, 2.75) is 26.2 Å². The molecule has 0 atom stereocenters. The van der Waals surface area contributed by atoms with Gasteiger partial charge in [-0.25, -0.2) is 0 Å². The summed E-state index contributed by atoms with van der Waals surface area (Å²) in [6.07, 6.45) is 3.72. The molecule has 0 aliphatic carbocycles. The fourth-order valence-corrected chi connectivity index (χ4v) is 0.806. The van der Waals surface area contributed by atoms with Crippen LogP contribution in [0.2, 0.25) is 0 Å². The molecular formula is C8H12BN. The Bertz CT molecular complexity index is 200. The molecule has 0 aliphatic rings. The van der Waals surface area contributed by atoms with E-state index in [0.717, 1.165) is 0 Å². The van der Waals surface area contributed by atoms with E-state index >= 15 is 0 Å². The fourth-order valence-electron chi connectivity index (χ4n) is 0.806. The number of nitrogens with zero attached hydrogens (tertiary/aromatic N) is 1. The summed E-state index contributed by atoms with van der Waals surface area (Å²) in [6.45, 7) is 8.66. The van der Waals surface area contributed by atoms with Crippen molar-refractivity contribution >= 4 is 6.91 Å². The van der Waals surface area contributed by atoms with Crippen LogP contribution in [-0.4, -0.2) is 11.9 Å². The molecular weight excluding hydrogens is 121 g/mol. The summed E-state index contributed by atoms with van der Waals surface area (Å²) in [5, 5.41) is 0. The molecule has 2 heteroatoms. The molecule has 0 aromatic carbocycles. The van der Waals surface area contributed by atoms with Crippen molar-refractivity contribution in [3.8, 4) is 0 Å². The summed E-state index contributed by atoms with van der Waals surface area (Å²) < 4.78 is 0. The molecule has 0 N–H and O–H groups in total. The van der Waals surface area contributed by atoms with Crippen molar-refractivity contribution in [3.63, 3.8) is 0 Å². The molecule has 1 rings (SSSR count). The van der Waals surface area contributed by atoms with Crippen LogP contribution in [0.15, 0.2) is 18.4 Å². The molecule has 0 radical (unpaired) electrons. The van der Waals surface area contributed by atoms with Crippen molar-refractivity contribution in [2.24, 2.45) is 0 Å². The molecule has 1 nitrogen and oxygen atoms in total. The average Bonchev–Trinajstić information content (AvgIpc) is 1.88. The first-order valence-electron chi connectivity index (χ1n) is 3.51. The molecule has 52 valence electrons. The van der Waals surface area contributed by atoms with E-state index in [9.17, 15) is 0 Å². The van der Waals surface area contributed by atoms with E-state index < -0.39 is 0 Å². The molecule has 0 aliphatic heterocycles. The zero-order valence-corrected chi connectivity index (χ0v) is 6.76. The van der Waals surface area contributed by atoms with Crippen LogP contribution in [0.3, 0.4) is 0 Å². The van der Waals surface area contributed by atoms with E-state index in [1.165, 1.54) is 5.46 Å². The summed E-state index contributed by atoms with van der Waals surface area (Å²) >= 11 is 0. The molecule has 0 saturated carbocycles. The van der Waals surface area contributed by atoms with Gasteiger partial charge < -0.3 is 0 Å². The van der Waals surface area contributed by atoms with Crippen LogP contribution >= 0.6 is 0 Å². The quantitative estimate of drug-likeness (QED) is 0.525. The van der Waals surface area contributed by atoms with Gasteiger partial charge in [0, 0.05) is 0 Å². The minimum absolute atomic E-state index is 0.230. The van der Waals surface area contributed by atoms with Crippen LogP contribution in [0.25, 0.3) is 0 Å². The molecule has 0 unspecified atom stereocenters. The van der Waals surface area contributed by atoms with E-state index in [0.29, 0.717) is 0 Å². The molecule has 0 amide bonds. The predicted octanol–water partition coefficient (Wildman–Crippen LogP) is 1.72. The van der Waals surface area contributed by atoms with Gasteiger partial charge in [-0.15, -0.1) is 0 Å². The van der Waals surface area contributed by atoms with Crippen LogP contribution < -0.4 is 0 Å². The summed E-state index contributed by atoms with van der Waals surface area (Å²) in [5.41, 5.74) is 1.52. The monoisotopic (exact) mass is 133 g/mol. The first-order chi connectivity index (χ1) is 4.61. The van der Waals surface area contributed by atoms with E-state index in [2.05, 4.69) is 32.7 Å². The average molecular weight is 133 g/mol. The molecule has 0 bridgehead atoms. The van der Waals surface area contributed by atoms with Gasteiger partial charge in [-0.1, -0.05) is 0 Å². The third kappa shape index (κ3) is 1.66. The molecule has 0 spiro atoms. The molecule has 1 aromatic rings. The maximum atomic E-state index is 4.05. The Kier molecular flexibility index (Phi) is 1.88. The van der Waals surface area contributed by atoms with E-state index in [1.807, 2.05) is 12.2 Å². The molecule has 0 fully saturated rings. The summed E-state index contributed by atoms with van der Waals surface area (Å²) in [4.78, 5) is 4.05. The zero-order valence-electron chi connectivity index (χ0n) is 6.76. The normalized spacial score (nSPS) is 11.1. The number of rotatable bonds is 0. The number of aromatic nitrogens is 1. The Labute approximate surface area is 62.7 Å². The van der Waals surface area contributed by atoms with E-state index in [4.69, 9.17) is 0 Å². The van der Waals surface area contributed by atoms with Gasteiger partial charge in [0.05, 0.1) is 0 Å². The summed E-state index contributed by atoms with van der Waals surface area (Å²) in [5.74, 6) is 1.97. The third-order valence-electron chi connectivity index (χ3n) is 1.53. The van der Waals surface area contributed by atoms with Crippen LogP contribution in [0.5, 0.6) is 0 Å². The van der Waals surface area contributed by atoms with Crippen molar-refractivity contribution in [2.75, 3.05) is 0 Å². The van der Waals surface area contributed by atoms with Crippen molar-refractivity contribution < 1.29 is 0 Å². The standard InChI is InChI=1S/C8H12BN/c1-8(2,3)7-6-10-5-4-9-7/h4-6H,1-3H3. The topological polar surface area (TPSA) is 12.9 Å². The fraction of sp³-hybridized carbons (Fsp3) is 0.500. The van der Waals surface area contributed by atoms with Gasteiger partial charge in [-0.3, -0.25) is 0 Å². The summed E-state index contributed by atoms with van der Waals surface area (Å²) in [6, 6.07) is 0. The zero-order chi connectivity index (χ0) is 7.61. The molecule has 10 heavy (non-hydrogen) atoms. The minimum atomic E-state index is 0.230. The SMILES string of the molecule is CC(C)(C)c1bccnc1. The van der Waals surface area contributed by atoms with Crippen molar-refractivity contribution in [1.29, 1.82) is 0 Å². The van der Waals surface area contributed by atoms with Gasteiger partial charge in [0.15, 0.2) is 0 Å². The van der Waals surface area contributed by atoms with Crippen molar-refractivity contribution in [1.82, 2.24) is 4.98 Å². The van der Waals surface area contributed by atoms with Crippen LogP contribution in [0, 0.1) is 0 Å². The Morgan fingerprint density at radius 2 is 2.10 bits per heavy atom. The Hall–Kier alpha value is -0.655. The van der Waals surface area contributed by atoms with Gasteiger partial charge in [0.1, 0.15) is 0 Å². The second-order valence-corrected chi connectivity index (χ2v) is 3.49. The van der Waals surface area contributed by atoms with Gasteiger partial charge in [0.25, 0.3) is 0 Å². The van der Waals surface area contributed by atoms with Crippen LogP contribution in [0.1, 0.15) is 26.2 Å². The Morgan fingerprint density at radius 1 is 1.40 bits per heavy atom. The van der Waals surface area contributed by atoms with E-state index in [1.54, 1.807) is 6.20 Å². The summed E-state index contributed by atoms with van der Waals surface area (Å²) in [7, 11) is 0. The second kappa shape index (κ2) is 2.53. The van der Waals surface area contributed by atoms with Crippen molar-refractivity contribution in [3.05, 3.63) is 23.8 Å².